The third kappa shape index (κ3) is 7.64. The molecule has 6 nitrogen and oxygen atoms in total. The lowest BCUT2D eigenvalue weighted by Crippen LogP contribution is -2.39. The van der Waals surface area contributed by atoms with E-state index in [1.807, 2.05) is 45.0 Å². The summed E-state index contributed by atoms with van der Waals surface area (Å²) in [6.07, 6.45) is 0. The average Bonchev–Trinajstić information content (AvgIpc) is 2.87. The second-order valence-corrected chi connectivity index (χ2v) is 6.09. The van der Waals surface area contributed by atoms with E-state index in [-0.39, 0.29) is 24.0 Å². The van der Waals surface area contributed by atoms with Gasteiger partial charge in [-0.3, -0.25) is 0 Å². The number of oxazole rings is 1. The van der Waals surface area contributed by atoms with Crippen LogP contribution in [0.5, 0.6) is 5.75 Å². The number of aliphatic imine (C=N–C) groups is 1. The number of hydrogen-bond acceptors (Lipinski definition) is 4. The molecule has 0 aliphatic carbocycles. The minimum atomic E-state index is 0. The Hall–Kier alpha value is -1.29. The normalized spacial score (nSPS) is 11.0. The number of nitrogens with one attached hydrogen (secondary N) is 2. The summed E-state index contributed by atoms with van der Waals surface area (Å²) in [7, 11) is 0. The minimum absolute atomic E-state index is 0. The maximum atomic E-state index is 5.69. The van der Waals surface area contributed by atoms with Crippen LogP contribution < -0.4 is 15.4 Å². The monoisotopic (exact) mass is 522 g/mol. The van der Waals surface area contributed by atoms with Crippen molar-refractivity contribution in [3.05, 3.63) is 46.1 Å². The Bertz CT molecular complexity index is 672. The Kier molecular flexibility index (Phi) is 9.88. The summed E-state index contributed by atoms with van der Waals surface area (Å²) in [5.74, 6) is 3.00. The van der Waals surface area contributed by atoms with Crippen molar-refractivity contribution >= 4 is 45.9 Å². The molecule has 2 rings (SSSR count). The molecule has 0 spiro atoms. The van der Waals surface area contributed by atoms with Crippen LogP contribution in [0.4, 0.5) is 0 Å². The van der Waals surface area contributed by atoms with E-state index in [0.717, 1.165) is 28.2 Å². The van der Waals surface area contributed by atoms with Crippen LogP contribution in [0.15, 0.2) is 38.1 Å². The van der Waals surface area contributed by atoms with Gasteiger partial charge in [-0.05, 0) is 39.0 Å². The summed E-state index contributed by atoms with van der Waals surface area (Å²) >= 11 is 3.42. The van der Waals surface area contributed by atoms with E-state index in [4.69, 9.17) is 9.15 Å². The van der Waals surface area contributed by atoms with Gasteiger partial charge in [0.15, 0.2) is 5.96 Å². The van der Waals surface area contributed by atoms with E-state index in [1.54, 1.807) is 0 Å². The van der Waals surface area contributed by atoms with Crippen molar-refractivity contribution in [3.63, 3.8) is 0 Å². The highest BCUT2D eigenvalue weighted by molar-refractivity contribution is 14.0. The molecule has 0 saturated carbocycles. The molecular weight excluding hydrogens is 499 g/mol. The number of aromatic nitrogens is 1. The molecule has 8 heteroatoms. The molecule has 1 aromatic heterocycles. The molecule has 0 aliphatic heterocycles. The molecule has 0 amide bonds. The molecule has 0 atom stereocenters. The quantitative estimate of drug-likeness (QED) is 0.250. The maximum Gasteiger partial charge on any atom is 0.216 e. The second kappa shape index (κ2) is 11.3. The molecule has 2 aromatic rings. The molecular formula is C17H24BrIN4O2. The summed E-state index contributed by atoms with van der Waals surface area (Å²) in [5, 5.41) is 6.42. The predicted octanol–water partition coefficient (Wildman–Crippen LogP) is 3.81. The molecule has 0 radical (unpaired) electrons. The van der Waals surface area contributed by atoms with Crippen LogP contribution in [0.25, 0.3) is 0 Å². The molecule has 0 fully saturated rings. The highest BCUT2D eigenvalue weighted by atomic mass is 127. The zero-order valence-electron chi connectivity index (χ0n) is 14.6. The highest BCUT2D eigenvalue weighted by Crippen LogP contribution is 2.17. The van der Waals surface area contributed by atoms with Crippen molar-refractivity contribution in [1.29, 1.82) is 0 Å². The van der Waals surface area contributed by atoms with Crippen molar-refractivity contribution in [2.75, 3.05) is 19.7 Å². The van der Waals surface area contributed by atoms with E-state index in [1.165, 1.54) is 0 Å². The highest BCUT2D eigenvalue weighted by Gasteiger charge is 2.05. The van der Waals surface area contributed by atoms with Crippen LogP contribution in [0.2, 0.25) is 0 Å². The fourth-order valence-electron chi connectivity index (χ4n) is 1.99. The largest absolute Gasteiger partial charge is 0.492 e. The Labute approximate surface area is 174 Å². The Morgan fingerprint density at radius 2 is 2.12 bits per heavy atom. The first-order chi connectivity index (χ1) is 11.6. The van der Waals surface area contributed by atoms with Gasteiger partial charge in [0, 0.05) is 11.0 Å². The van der Waals surface area contributed by atoms with Gasteiger partial charge in [0.2, 0.25) is 5.89 Å². The molecule has 2 N–H and O–H groups in total. The smallest absolute Gasteiger partial charge is 0.216 e. The van der Waals surface area contributed by atoms with Crippen LogP contribution in [0, 0.1) is 13.8 Å². The standard InChI is InChI=1S/C17H23BrN4O2.HI/c1-4-19-17(21-11-16-22-12(2)13(3)24-16)20-8-9-23-15-7-5-6-14(18)10-15;/h5-7,10H,4,8-9,11H2,1-3H3,(H2,19,20,21);1H. The predicted molar refractivity (Wildman–Crippen MR) is 114 cm³/mol. The van der Waals surface area contributed by atoms with Gasteiger partial charge in [0.1, 0.15) is 24.7 Å². The van der Waals surface area contributed by atoms with E-state index in [2.05, 4.69) is 36.5 Å². The van der Waals surface area contributed by atoms with Gasteiger partial charge in [-0.15, -0.1) is 24.0 Å². The first kappa shape index (κ1) is 21.8. The number of halogens is 2. The molecule has 25 heavy (non-hydrogen) atoms. The van der Waals surface area contributed by atoms with Crippen molar-refractivity contribution in [2.45, 2.75) is 27.3 Å². The molecule has 138 valence electrons. The summed E-state index contributed by atoms with van der Waals surface area (Å²) < 4.78 is 12.2. The second-order valence-electron chi connectivity index (χ2n) is 5.18. The van der Waals surface area contributed by atoms with Crippen LogP contribution in [-0.2, 0) is 6.54 Å². The Morgan fingerprint density at radius 3 is 2.76 bits per heavy atom. The first-order valence-corrected chi connectivity index (χ1v) is 8.71. The third-order valence-electron chi connectivity index (χ3n) is 3.25. The van der Waals surface area contributed by atoms with E-state index < -0.39 is 0 Å². The molecule has 1 aromatic carbocycles. The van der Waals surface area contributed by atoms with Gasteiger partial charge < -0.3 is 19.8 Å². The summed E-state index contributed by atoms with van der Waals surface area (Å²) in [6, 6.07) is 7.77. The molecule has 1 heterocycles. The van der Waals surface area contributed by atoms with Crippen LogP contribution >= 0.6 is 39.9 Å². The van der Waals surface area contributed by atoms with Crippen molar-refractivity contribution in [1.82, 2.24) is 15.6 Å². The lowest BCUT2D eigenvalue weighted by molar-refractivity contribution is 0.321. The fraction of sp³-hybridized carbons (Fsp3) is 0.412. The lowest BCUT2D eigenvalue weighted by Gasteiger charge is -2.11. The SMILES string of the molecule is CCNC(=NCc1nc(C)c(C)o1)NCCOc1cccc(Br)c1.I. The third-order valence-corrected chi connectivity index (χ3v) is 3.74. The average molecular weight is 523 g/mol. The van der Waals surface area contributed by atoms with Gasteiger partial charge in [-0.2, -0.15) is 0 Å². The summed E-state index contributed by atoms with van der Waals surface area (Å²) in [5.41, 5.74) is 0.903. The van der Waals surface area contributed by atoms with Gasteiger partial charge in [-0.25, -0.2) is 9.98 Å². The zero-order valence-corrected chi connectivity index (χ0v) is 18.6. The summed E-state index contributed by atoms with van der Waals surface area (Å²) in [6.45, 7) is 8.21. The van der Waals surface area contributed by atoms with E-state index in [0.29, 0.717) is 31.5 Å². The Morgan fingerprint density at radius 1 is 1.32 bits per heavy atom. The molecule has 0 bridgehead atoms. The Balaban J connectivity index is 0.00000312. The van der Waals surface area contributed by atoms with E-state index in [9.17, 15) is 0 Å². The van der Waals surface area contributed by atoms with Gasteiger partial charge in [0.05, 0.1) is 12.2 Å². The zero-order chi connectivity index (χ0) is 17.4. The number of ether oxygens (including phenoxy) is 1. The topological polar surface area (TPSA) is 71.7 Å². The maximum absolute atomic E-state index is 5.69. The number of guanidine groups is 1. The fourth-order valence-corrected chi connectivity index (χ4v) is 2.37. The number of nitrogens with zero attached hydrogens (tertiary/aromatic N) is 2. The van der Waals surface area contributed by atoms with Gasteiger partial charge in [-0.1, -0.05) is 22.0 Å². The van der Waals surface area contributed by atoms with Crippen LogP contribution in [0.3, 0.4) is 0 Å². The summed E-state index contributed by atoms with van der Waals surface area (Å²) in [4.78, 5) is 8.80. The first-order valence-electron chi connectivity index (χ1n) is 7.92. The van der Waals surface area contributed by atoms with Crippen molar-refractivity contribution in [3.8, 4) is 5.75 Å². The van der Waals surface area contributed by atoms with Crippen molar-refractivity contribution in [2.24, 2.45) is 4.99 Å². The van der Waals surface area contributed by atoms with Crippen molar-refractivity contribution < 1.29 is 9.15 Å². The number of aryl methyl sites for hydroxylation is 2. The molecule has 0 unspecified atom stereocenters. The van der Waals surface area contributed by atoms with Crippen LogP contribution in [0.1, 0.15) is 24.3 Å². The molecule has 0 aliphatic rings. The molecule has 0 saturated heterocycles. The van der Waals surface area contributed by atoms with Gasteiger partial charge in [0.25, 0.3) is 0 Å². The lowest BCUT2D eigenvalue weighted by atomic mass is 10.3. The van der Waals surface area contributed by atoms with E-state index >= 15 is 0 Å². The van der Waals surface area contributed by atoms with Gasteiger partial charge >= 0.3 is 0 Å². The number of rotatable bonds is 7. The minimum Gasteiger partial charge on any atom is -0.492 e. The number of benzene rings is 1. The number of hydrogen-bond donors (Lipinski definition) is 2. The van der Waals surface area contributed by atoms with Crippen LogP contribution in [-0.4, -0.2) is 30.6 Å².